The summed E-state index contributed by atoms with van der Waals surface area (Å²) < 4.78 is 11.3. The van der Waals surface area contributed by atoms with Crippen LogP contribution in [-0.4, -0.2) is 83.8 Å². The molecule has 2 aliphatic heterocycles. The van der Waals surface area contributed by atoms with E-state index in [2.05, 4.69) is 0 Å². The number of ether oxygens (including phenoxy) is 2. The summed E-state index contributed by atoms with van der Waals surface area (Å²) >= 11 is 0. The van der Waals surface area contributed by atoms with Gasteiger partial charge in [0.15, 0.2) is 12.2 Å². The molecule has 7 atom stereocenters. The molecule has 0 amide bonds. The lowest BCUT2D eigenvalue weighted by atomic mass is 9.86. The molecule has 11 nitrogen and oxygen atoms in total. The highest BCUT2D eigenvalue weighted by Gasteiger charge is 2.48. The Labute approximate surface area is 181 Å². The van der Waals surface area contributed by atoms with Gasteiger partial charge in [-0.3, -0.25) is 4.79 Å². The number of carbonyl (C=O) groups is 1. The van der Waals surface area contributed by atoms with Crippen molar-refractivity contribution in [1.82, 2.24) is 0 Å². The van der Waals surface area contributed by atoms with Crippen LogP contribution in [0.15, 0.2) is 30.3 Å². The summed E-state index contributed by atoms with van der Waals surface area (Å²) in [6, 6.07) is 6.22. The third-order valence-electron chi connectivity index (χ3n) is 5.72. The third kappa shape index (κ3) is 3.45. The molecule has 1 saturated heterocycles. The molecule has 2 heterocycles. The summed E-state index contributed by atoms with van der Waals surface area (Å²) in [5, 5.41) is 80.9. The average molecular weight is 450 g/mol. The predicted octanol–water partition coefficient (Wildman–Crippen LogP) is -1.00. The number of carbonyl (C=O) groups excluding carboxylic acids is 1. The number of aromatic hydroxyl groups is 3. The first kappa shape index (κ1) is 22.3. The normalized spacial score (nSPS) is 32.3. The lowest BCUT2D eigenvalue weighted by molar-refractivity contribution is -0.232. The molecule has 172 valence electrons. The predicted molar refractivity (Wildman–Crippen MR) is 104 cm³/mol. The number of Topliss-reactive ketones (excluding diaryl/α,β-unsaturated/α-hetero) is 1. The number of aliphatic hydroxyl groups excluding tert-OH is 5. The minimum Gasteiger partial charge on any atom is -0.508 e. The molecule has 0 radical (unpaired) electrons. The molecule has 4 rings (SSSR count). The maximum Gasteiger partial charge on any atom is 0.202 e. The molecule has 1 fully saturated rings. The molecular weight excluding hydrogens is 428 g/mol. The highest BCUT2D eigenvalue weighted by Crippen LogP contribution is 2.50. The summed E-state index contributed by atoms with van der Waals surface area (Å²) in [5.74, 6) is -2.76. The van der Waals surface area contributed by atoms with E-state index in [9.17, 15) is 45.6 Å². The maximum absolute atomic E-state index is 12.9. The van der Waals surface area contributed by atoms with E-state index in [1.54, 1.807) is 0 Å². The summed E-state index contributed by atoms with van der Waals surface area (Å²) in [7, 11) is 0. The molecule has 0 bridgehead atoms. The van der Waals surface area contributed by atoms with Gasteiger partial charge in [-0.1, -0.05) is 12.1 Å². The Morgan fingerprint density at radius 2 is 1.50 bits per heavy atom. The molecule has 11 heteroatoms. The van der Waals surface area contributed by atoms with Gasteiger partial charge < -0.3 is 50.3 Å². The smallest absolute Gasteiger partial charge is 0.202 e. The van der Waals surface area contributed by atoms with E-state index < -0.39 is 77.9 Å². The SMILES string of the molecule is O=C1c2c(O)cc(O)c([C@@H]3O[C@H](CO)[C@@H](O)[C@H](O)[C@H]3O)c2O[C@H](c2ccc(O)cc2)[C@H]1O. The van der Waals surface area contributed by atoms with E-state index in [0.29, 0.717) is 0 Å². The second-order valence-electron chi connectivity index (χ2n) is 7.72. The van der Waals surface area contributed by atoms with Crippen LogP contribution in [0.5, 0.6) is 23.0 Å². The van der Waals surface area contributed by atoms with Crippen LogP contribution >= 0.6 is 0 Å². The molecule has 2 aromatic rings. The highest BCUT2D eigenvalue weighted by molar-refractivity contribution is 6.06. The van der Waals surface area contributed by atoms with E-state index in [-0.39, 0.29) is 16.9 Å². The third-order valence-corrected chi connectivity index (χ3v) is 5.72. The summed E-state index contributed by atoms with van der Waals surface area (Å²) in [6.07, 6.45) is -11.2. The summed E-state index contributed by atoms with van der Waals surface area (Å²) in [4.78, 5) is 12.9. The molecule has 8 N–H and O–H groups in total. The van der Waals surface area contributed by atoms with E-state index in [1.807, 2.05) is 0 Å². The van der Waals surface area contributed by atoms with Crippen molar-refractivity contribution in [3.05, 3.63) is 47.0 Å². The van der Waals surface area contributed by atoms with Crippen molar-refractivity contribution in [2.24, 2.45) is 0 Å². The van der Waals surface area contributed by atoms with Crippen LogP contribution in [0, 0.1) is 0 Å². The first-order valence-electron chi connectivity index (χ1n) is 9.72. The molecule has 2 aliphatic rings. The van der Waals surface area contributed by atoms with Crippen LogP contribution in [0.25, 0.3) is 0 Å². The van der Waals surface area contributed by atoms with Gasteiger partial charge in [0.05, 0.1) is 12.2 Å². The first-order chi connectivity index (χ1) is 15.1. The second kappa shape index (κ2) is 8.20. The topological polar surface area (TPSA) is 197 Å². The van der Waals surface area contributed by atoms with Crippen LogP contribution in [0.3, 0.4) is 0 Å². The lowest BCUT2D eigenvalue weighted by Gasteiger charge is -2.41. The number of hydrogen-bond acceptors (Lipinski definition) is 11. The van der Waals surface area contributed by atoms with Gasteiger partial charge in [-0.05, 0) is 17.7 Å². The molecule has 0 unspecified atom stereocenters. The minimum absolute atomic E-state index is 0.0666. The lowest BCUT2D eigenvalue weighted by Crippen LogP contribution is -2.55. The van der Waals surface area contributed by atoms with Crippen LogP contribution < -0.4 is 4.74 Å². The number of hydrogen-bond donors (Lipinski definition) is 8. The zero-order valence-corrected chi connectivity index (χ0v) is 16.4. The number of aliphatic hydroxyl groups is 5. The minimum atomic E-state index is -1.80. The maximum atomic E-state index is 12.9. The molecule has 32 heavy (non-hydrogen) atoms. The van der Waals surface area contributed by atoms with Gasteiger partial charge in [-0.25, -0.2) is 0 Å². The highest BCUT2D eigenvalue weighted by atomic mass is 16.5. The zero-order chi connectivity index (χ0) is 23.3. The van der Waals surface area contributed by atoms with E-state index in [4.69, 9.17) is 9.47 Å². The summed E-state index contributed by atoms with van der Waals surface area (Å²) in [6.45, 7) is -0.725. The van der Waals surface area contributed by atoms with E-state index in [0.717, 1.165) is 6.07 Å². The van der Waals surface area contributed by atoms with Crippen molar-refractivity contribution in [2.75, 3.05) is 6.61 Å². The van der Waals surface area contributed by atoms with Gasteiger partial charge >= 0.3 is 0 Å². The van der Waals surface area contributed by atoms with Crippen molar-refractivity contribution < 1.29 is 55.1 Å². The van der Waals surface area contributed by atoms with Crippen molar-refractivity contribution in [1.29, 1.82) is 0 Å². The number of ketones is 1. The Balaban J connectivity index is 1.85. The van der Waals surface area contributed by atoms with Gasteiger partial charge in [-0.15, -0.1) is 0 Å². The van der Waals surface area contributed by atoms with Crippen molar-refractivity contribution in [3.63, 3.8) is 0 Å². The van der Waals surface area contributed by atoms with Crippen molar-refractivity contribution >= 4 is 5.78 Å². The van der Waals surface area contributed by atoms with Gasteiger partial charge in [0, 0.05) is 6.07 Å². The Kier molecular flexibility index (Phi) is 5.71. The van der Waals surface area contributed by atoms with Crippen LogP contribution in [0.4, 0.5) is 0 Å². The molecular formula is C21H22O11. The quantitative estimate of drug-likeness (QED) is 0.285. The van der Waals surface area contributed by atoms with Crippen LogP contribution in [0.2, 0.25) is 0 Å². The molecule has 0 spiro atoms. The Hall–Kier alpha value is -2.93. The Morgan fingerprint density at radius 1 is 0.844 bits per heavy atom. The number of phenols is 3. The monoisotopic (exact) mass is 450 g/mol. The van der Waals surface area contributed by atoms with Gasteiger partial charge in [0.2, 0.25) is 5.78 Å². The van der Waals surface area contributed by atoms with Gasteiger partial charge in [0.1, 0.15) is 59.1 Å². The Morgan fingerprint density at radius 3 is 2.12 bits per heavy atom. The van der Waals surface area contributed by atoms with Crippen molar-refractivity contribution in [2.45, 2.75) is 42.7 Å². The fourth-order valence-electron chi connectivity index (χ4n) is 4.01. The Bertz CT molecular complexity index is 1020. The van der Waals surface area contributed by atoms with Gasteiger partial charge in [0.25, 0.3) is 0 Å². The average Bonchev–Trinajstić information content (AvgIpc) is 2.76. The fraction of sp³-hybridized carbons (Fsp3) is 0.381. The molecule has 2 aromatic carbocycles. The second-order valence-corrected chi connectivity index (χ2v) is 7.72. The fourth-order valence-corrected chi connectivity index (χ4v) is 4.01. The van der Waals surface area contributed by atoms with E-state index in [1.165, 1.54) is 24.3 Å². The number of benzene rings is 2. The largest absolute Gasteiger partial charge is 0.508 e. The number of fused-ring (bicyclic) bond motifs is 1. The zero-order valence-electron chi connectivity index (χ0n) is 16.4. The van der Waals surface area contributed by atoms with E-state index >= 15 is 0 Å². The van der Waals surface area contributed by atoms with Crippen LogP contribution in [-0.2, 0) is 4.74 Å². The van der Waals surface area contributed by atoms with Gasteiger partial charge in [-0.2, -0.15) is 0 Å². The molecule has 0 saturated carbocycles. The number of phenolic OH excluding ortho intramolecular Hbond substituents is 3. The number of rotatable bonds is 3. The first-order valence-corrected chi connectivity index (χ1v) is 9.72. The molecule has 0 aromatic heterocycles. The van der Waals surface area contributed by atoms with Crippen molar-refractivity contribution in [3.8, 4) is 23.0 Å². The standard InChI is InChI=1S/C21H22O11/c22-6-11-14(26)16(28)18(30)21(31-11)13-10(25)5-9(24)12-15(27)17(29)19(32-20(12)13)7-1-3-8(23)4-2-7/h1-5,11,14,16-19,21-26,28-30H,6H2/t11-,14-,16+,17+,18-,19-,21+/m1/s1. The van der Waals surface area contributed by atoms with Crippen LogP contribution in [0.1, 0.15) is 33.7 Å². The summed E-state index contributed by atoms with van der Waals surface area (Å²) in [5.41, 5.74) is -0.507. The molecule has 0 aliphatic carbocycles.